The van der Waals surface area contributed by atoms with Gasteiger partial charge >= 0.3 is 0 Å². The molecule has 1 N–H and O–H groups in total. The SMILES string of the molecule is N#Cc1cc(NC(=O)c2cc(Br)cc(Br)c2)ccc1F. The van der Waals surface area contributed by atoms with E-state index >= 15 is 0 Å². The fraction of sp³-hybridized carbons (Fsp3) is 0. The molecule has 2 aromatic carbocycles. The number of hydrogen-bond acceptors (Lipinski definition) is 2. The molecule has 0 unspecified atom stereocenters. The highest BCUT2D eigenvalue weighted by Crippen LogP contribution is 2.21. The van der Waals surface area contributed by atoms with Gasteiger partial charge < -0.3 is 5.32 Å². The molecule has 0 aliphatic rings. The summed E-state index contributed by atoms with van der Waals surface area (Å²) in [4.78, 5) is 12.1. The molecule has 0 saturated heterocycles. The van der Waals surface area contributed by atoms with E-state index in [0.717, 1.165) is 15.0 Å². The fourth-order valence-electron chi connectivity index (χ4n) is 1.58. The van der Waals surface area contributed by atoms with Crippen LogP contribution in [0.25, 0.3) is 0 Å². The normalized spacial score (nSPS) is 9.90. The molecular formula is C14H7Br2FN2O. The summed E-state index contributed by atoms with van der Waals surface area (Å²) in [5, 5.41) is 11.4. The Kier molecular flexibility index (Phi) is 4.53. The number of carbonyl (C=O) groups is 1. The van der Waals surface area contributed by atoms with Crippen molar-refractivity contribution in [2.75, 3.05) is 5.32 Å². The quantitative estimate of drug-likeness (QED) is 0.812. The molecule has 0 bridgehead atoms. The molecule has 6 heteroatoms. The Morgan fingerprint density at radius 3 is 2.40 bits per heavy atom. The second-order valence-corrected chi connectivity index (χ2v) is 5.75. The Bertz CT molecular complexity index is 705. The molecule has 2 aromatic rings. The molecule has 3 nitrogen and oxygen atoms in total. The lowest BCUT2D eigenvalue weighted by atomic mass is 10.2. The fourth-order valence-corrected chi connectivity index (χ4v) is 2.87. The number of hydrogen-bond donors (Lipinski definition) is 1. The van der Waals surface area contributed by atoms with Crippen LogP contribution in [0.3, 0.4) is 0 Å². The van der Waals surface area contributed by atoms with Gasteiger partial charge in [-0.2, -0.15) is 5.26 Å². The van der Waals surface area contributed by atoms with E-state index in [4.69, 9.17) is 5.26 Å². The first-order valence-electron chi connectivity index (χ1n) is 5.46. The number of anilines is 1. The van der Waals surface area contributed by atoms with Gasteiger partial charge in [0.05, 0.1) is 5.56 Å². The minimum absolute atomic E-state index is 0.113. The Balaban J connectivity index is 2.26. The second-order valence-electron chi connectivity index (χ2n) is 3.92. The lowest BCUT2D eigenvalue weighted by Gasteiger charge is -2.07. The van der Waals surface area contributed by atoms with Crippen LogP contribution in [0, 0.1) is 17.1 Å². The summed E-state index contributed by atoms with van der Waals surface area (Å²) >= 11 is 6.59. The van der Waals surface area contributed by atoms with Crippen molar-refractivity contribution >= 4 is 43.5 Å². The van der Waals surface area contributed by atoms with Crippen molar-refractivity contribution < 1.29 is 9.18 Å². The molecule has 2 rings (SSSR count). The monoisotopic (exact) mass is 396 g/mol. The van der Waals surface area contributed by atoms with Gasteiger partial charge in [0.25, 0.3) is 5.91 Å². The average Bonchev–Trinajstić information content (AvgIpc) is 2.39. The zero-order valence-electron chi connectivity index (χ0n) is 9.95. The largest absolute Gasteiger partial charge is 0.322 e. The zero-order chi connectivity index (χ0) is 14.7. The number of rotatable bonds is 2. The van der Waals surface area contributed by atoms with Gasteiger partial charge in [-0.1, -0.05) is 31.9 Å². The molecule has 100 valence electrons. The van der Waals surface area contributed by atoms with Crippen molar-refractivity contribution in [3.8, 4) is 6.07 Å². The van der Waals surface area contributed by atoms with Crippen LogP contribution in [0.1, 0.15) is 15.9 Å². The molecule has 0 atom stereocenters. The summed E-state index contributed by atoms with van der Waals surface area (Å²) in [6.07, 6.45) is 0. The number of halogens is 3. The number of carbonyl (C=O) groups excluding carboxylic acids is 1. The topological polar surface area (TPSA) is 52.9 Å². The van der Waals surface area contributed by atoms with Crippen molar-refractivity contribution in [1.82, 2.24) is 0 Å². The van der Waals surface area contributed by atoms with Gasteiger partial charge in [0.2, 0.25) is 0 Å². The van der Waals surface area contributed by atoms with Crippen LogP contribution in [0.4, 0.5) is 10.1 Å². The number of nitrogens with zero attached hydrogens (tertiary/aromatic N) is 1. The third kappa shape index (κ3) is 3.44. The van der Waals surface area contributed by atoms with Crippen LogP contribution < -0.4 is 5.32 Å². The lowest BCUT2D eigenvalue weighted by Crippen LogP contribution is -2.12. The summed E-state index contributed by atoms with van der Waals surface area (Å²) in [6.45, 7) is 0. The van der Waals surface area contributed by atoms with Gasteiger partial charge in [0.15, 0.2) is 0 Å². The van der Waals surface area contributed by atoms with Crippen molar-refractivity contribution in [3.63, 3.8) is 0 Å². The first-order valence-corrected chi connectivity index (χ1v) is 7.05. The maximum absolute atomic E-state index is 13.2. The van der Waals surface area contributed by atoms with E-state index in [1.165, 1.54) is 12.1 Å². The van der Waals surface area contributed by atoms with Crippen LogP contribution in [0.5, 0.6) is 0 Å². The summed E-state index contributed by atoms with van der Waals surface area (Å²) in [7, 11) is 0. The van der Waals surface area contributed by atoms with E-state index in [1.54, 1.807) is 18.2 Å². The summed E-state index contributed by atoms with van der Waals surface area (Å²) in [5.74, 6) is -0.960. The van der Waals surface area contributed by atoms with Gasteiger partial charge in [0.1, 0.15) is 11.9 Å². The Labute approximate surface area is 131 Å². The Morgan fingerprint density at radius 1 is 1.15 bits per heavy atom. The minimum Gasteiger partial charge on any atom is -0.322 e. The molecule has 0 heterocycles. The van der Waals surface area contributed by atoms with Crippen LogP contribution in [0.2, 0.25) is 0 Å². The van der Waals surface area contributed by atoms with E-state index in [1.807, 2.05) is 6.07 Å². The predicted octanol–water partition coefficient (Wildman–Crippen LogP) is 4.47. The van der Waals surface area contributed by atoms with Gasteiger partial charge in [-0.15, -0.1) is 0 Å². The highest BCUT2D eigenvalue weighted by Gasteiger charge is 2.09. The summed E-state index contributed by atoms with van der Waals surface area (Å²) in [5.41, 5.74) is 0.691. The van der Waals surface area contributed by atoms with E-state index in [-0.39, 0.29) is 11.5 Å². The molecule has 0 aliphatic heterocycles. The first-order chi connectivity index (χ1) is 9.49. The van der Waals surface area contributed by atoms with Gasteiger partial charge in [-0.05, 0) is 36.4 Å². The third-order valence-corrected chi connectivity index (χ3v) is 3.39. The minimum atomic E-state index is -0.615. The predicted molar refractivity (Wildman–Crippen MR) is 80.9 cm³/mol. The summed E-state index contributed by atoms with van der Waals surface area (Å²) < 4.78 is 14.7. The number of amides is 1. The van der Waals surface area contributed by atoms with Crippen LogP contribution in [0.15, 0.2) is 45.3 Å². The molecule has 0 radical (unpaired) electrons. The third-order valence-electron chi connectivity index (χ3n) is 2.47. The number of nitriles is 1. The Hall–Kier alpha value is -1.71. The van der Waals surface area contributed by atoms with Crippen molar-refractivity contribution in [3.05, 3.63) is 62.3 Å². The number of nitrogens with one attached hydrogen (secondary N) is 1. The molecule has 0 aliphatic carbocycles. The zero-order valence-corrected chi connectivity index (χ0v) is 13.1. The van der Waals surface area contributed by atoms with Crippen LogP contribution >= 0.6 is 31.9 Å². The highest BCUT2D eigenvalue weighted by atomic mass is 79.9. The first kappa shape index (κ1) is 14.7. The van der Waals surface area contributed by atoms with Crippen molar-refractivity contribution in [2.24, 2.45) is 0 Å². The molecular weight excluding hydrogens is 391 g/mol. The van der Waals surface area contributed by atoms with Crippen LogP contribution in [-0.2, 0) is 0 Å². The molecule has 0 aromatic heterocycles. The van der Waals surface area contributed by atoms with Gasteiger partial charge in [-0.3, -0.25) is 4.79 Å². The van der Waals surface area contributed by atoms with Gasteiger partial charge in [0, 0.05) is 20.2 Å². The lowest BCUT2D eigenvalue weighted by molar-refractivity contribution is 0.102. The van der Waals surface area contributed by atoms with E-state index in [2.05, 4.69) is 37.2 Å². The maximum atomic E-state index is 13.2. The summed E-state index contributed by atoms with van der Waals surface area (Å²) in [6, 6.07) is 10.7. The highest BCUT2D eigenvalue weighted by molar-refractivity contribution is 9.11. The molecule has 0 fully saturated rings. The van der Waals surface area contributed by atoms with E-state index < -0.39 is 5.82 Å². The Morgan fingerprint density at radius 2 is 1.80 bits per heavy atom. The second kappa shape index (κ2) is 6.16. The smallest absolute Gasteiger partial charge is 0.255 e. The van der Waals surface area contributed by atoms with Crippen molar-refractivity contribution in [2.45, 2.75) is 0 Å². The number of benzene rings is 2. The maximum Gasteiger partial charge on any atom is 0.255 e. The van der Waals surface area contributed by atoms with E-state index in [0.29, 0.717) is 11.3 Å². The van der Waals surface area contributed by atoms with Gasteiger partial charge in [-0.25, -0.2) is 4.39 Å². The molecule has 1 amide bonds. The van der Waals surface area contributed by atoms with E-state index in [9.17, 15) is 9.18 Å². The average molecular weight is 398 g/mol. The molecule has 20 heavy (non-hydrogen) atoms. The van der Waals surface area contributed by atoms with Crippen LogP contribution in [-0.4, -0.2) is 5.91 Å². The standard InChI is InChI=1S/C14H7Br2FN2O/c15-10-3-8(4-11(16)6-10)14(20)19-12-1-2-13(17)9(5-12)7-18/h1-6H,(H,19,20). The van der Waals surface area contributed by atoms with Crippen molar-refractivity contribution in [1.29, 1.82) is 5.26 Å². The molecule has 0 spiro atoms. The molecule has 0 saturated carbocycles.